The van der Waals surface area contributed by atoms with Crippen LogP contribution in [0.4, 0.5) is 11.4 Å². The van der Waals surface area contributed by atoms with Crippen LogP contribution in [-0.4, -0.2) is 22.9 Å². The minimum absolute atomic E-state index is 0.0989. The predicted octanol–water partition coefficient (Wildman–Crippen LogP) is 0.498. The smallest absolute Gasteiger partial charge is 0.404 e. The molecule has 3 atom stereocenters. The molecule has 2 rings (SSSR count). The number of para-hydroxylation sites is 2. The number of rotatable bonds is 4. The summed E-state index contributed by atoms with van der Waals surface area (Å²) in [6.45, 7) is 2.02. The summed E-state index contributed by atoms with van der Waals surface area (Å²) < 4.78 is 0. The van der Waals surface area contributed by atoms with Crippen molar-refractivity contribution in [1.82, 2.24) is 15.2 Å². The molecular weight excluding hydrogens is 268 g/mol. The van der Waals surface area contributed by atoms with E-state index in [2.05, 4.69) is 0 Å². The lowest BCUT2D eigenvalue weighted by atomic mass is 10.2. The summed E-state index contributed by atoms with van der Waals surface area (Å²) in [4.78, 5) is 1.16. The van der Waals surface area contributed by atoms with Crippen LogP contribution in [0.5, 0.6) is 0 Å². The van der Waals surface area contributed by atoms with Crippen molar-refractivity contribution in [2.45, 2.75) is 25.7 Å². The van der Waals surface area contributed by atoms with E-state index in [-0.39, 0.29) is 18.0 Å². The summed E-state index contributed by atoms with van der Waals surface area (Å²) in [6, 6.07) is 5.47. The lowest BCUT2D eigenvalue weighted by Gasteiger charge is -2.52. The summed E-state index contributed by atoms with van der Waals surface area (Å²) in [5.41, 5.74) is 6.63. The van der Waals surface area contributed by atoms with Gasteiger partial charge in [0.25, 0.3) is 5.69 Å². The molecule has 3 unspecified atom stereocenters. The molecular formula is C11H18N4O5. The van der Waals surface area contributed by atoms with Gasteiger partial charge in [-0.2, -0.15) is 4.84 Å². The summed E-state index contributed by atoms with van der Waals surface area (Å²) in [7, 11) is 0. The zero-order valence-electron chi connectivity index (χ0n) is 11.0. The Kier molecular flexibility index (Phi) is 3.81. The molecule has 9 heteroatoms. The van der Waals surface area contributed by atoms with Crippen LogP contribution in [0.3, 0.4) is 0 Å². The van der Waals surface area contributed by atoms with Gasteiger partial charge in [0.2, 0.25) is 5.69 Å². The number of benzene rings is 1. The molecule has 1 aliphatic rings. The number of hydrogen-bond donors (Lipinski definition) is 4. The number of fused-ring (bicyclic) bond motifs is 1. The van der Waals surface area contributed by atoms with Gasteiger partial charge in [0, 0.05) is 12.1 Å². The molecule has 5 N–H and O–H groups in total. The highest BCUT2D eigenvalue weighted by Crippen LogP contribution is 2.42. The van der Waals surface area contributed by atoms with E-state index in [1.54, 1.807) is 0 Å². The standard InChI is InChI=1S/C11H18N4O5/c1-2-3-8-20-15(19)10-7-5-4-6-9(10)14(17,18)11(12,16)13-15/h4-7,13,16-17H,2-3,8,12H2,1H3. The minimum Gasteiger partial charge on any atom is -0.588 e. The third kappa shape index (κ3) is 2.31. The van der Waals surface area contributed by atoms with Gasteiger partial charge in [-0.1, -0.05) is 30.4 Å². The van der Waals surface area contributed by atoms with Crippen molar-refractivity contribution in [2.75, 3.05) is 6.61 Å². The van der Waals surface area contributed by atoms with Crippen molar-refractivity contribution in [3.63, 3.8) is 0 Å². The van der Waals surface area contributed by atoms with E-state index < -0.39 is 15.7 Å². The maximum atomic E-state index is 12.6. The monoisotopic (exact) mass is 286 g/mol. The molecule has 112 valence electrons. The Morgan fingerprint density at radius 2 is 1.95 bits per heavy atom. The van der Waals surface area contributed by atoms with Gasteiger partial charge in [-0.05, 0) is 11.8 Å². The first-order chi connectivity index (χ1) is 9.24. The Bertz CT molecular complexity index is 495. The minimum atomic E-state index is -2.93. The number of quaternary nitrogens is 2. The lowest BCUT2D eigenvalue weighted by Crippen LogP contribution is -2.83. The van der Waals surface area contributed by atoms with Crippen LogP contribution in [0.2, 0.25) is 0 Å². The highest BCUT2D eigenvalue weighted by atomic mass is 17.0. The molecule has 0 amide bonds. The van der Waals surface area contributed by atoms with Crippen LogP contribution in [0, 0.1) is 10.4 Å². The highest BCUT2D eigenvalue weighted by Gasteiger charge is 2.57. The molecule has 0 saturated heterocycles. The Hall–Kier alpha value is -1.14. The van der Waals surface area contributed by atoms with E-state index in [0.29, 0.717) is 6.42 Å². The second kappa shape index (κ2) is 5.00. The molecule has 0 fully saturated rings. The largest absolute Gasteiger partial charge is 0.588 e. The molecule has 0 spiro atoms. The fourth-order valence-corrected chi connectivity index (χ4v) is 1.94. The maximum Gasteiger partial charge on any atom is 0.404 e. The van der Waals surface area contributed by atoms with Crippen molar-refractivity contribution < 1.29 is 15.2 Å². The molecule has 0 bridgehead atoms. The summed E-state index contributed by atoms with van der Waals surface area (Å²) in [6.07, 6.45) is 1.42. The van der Waals surface area contributed by atoms with E-state index in [4.69, 9.17) is 10.6 Å². The molecule has 1 aromatic rings. The van der Waals surface area contributed by atoms with Crippen LogP contribution in [0.15, 0.2) is 24.3 Å². The highest BCUT2D eigenvalue weighted by molar-refractivity contribution is 5.67. The average molecular weight is 286 g/mol. The first-order valence-corrected chi connectivity index (χ1v) is 6.23. The van der Waals surface area contributed by atoms with Crippen molar-refractivity contribution in [3.05, 3.63) is 34.7 Å². The van der Waals surface area contributed by atoms with E-state index >= 15 is 0 Å². The van der Waals surface area contributed by atoms with Crippen molar-refractivity contribution >= 4 is 11.4 Å². The number of nitrogens with two attached hydrogens (primary N) is 1. The molecule has 0 saturated carbocycles. The SMILES string of the molecule is CCCCO[N+]1([O-])NC(N)(O)[N+]([O-])(O)c2ccccc21. The van der Waals surface area contributed by atoms with Gasteiger partial charge in [-0.15, -0.1) is 4.81 Å². The van der Waals surface area contributed by atoms with Crippen LogP contribution in [0.1, 0.15) is 19.8 Å². The summed E-state index contributed by atoms with van der Waals surface area (Å²) >= 11 is 0. The Labute approximate surface area is 115 Å². The van der Waals surface area contributed by atoms with E-state index in [1.165, 1.54) is 24.3 Å². The molecule has 0 radical (unpaired) electrons. The summed E-state index contributed by atoms with van der Waals surface area (Å²) in [5.74, 6) is -2.93. The molecule has 9 nitrogen and oxygen atoms in total. The quantitative estimate of drug-likeness (QED) is 0.274. The fraction of sp³-hybridized carbons (Fsp3) is 0.455. The Morgan fingerprint density at radius 3 is 2.55 bits per heavy atom. The van der Waals surface area contributed by atoms with Gasteiger partial charge < -0.3 is 15.5 Å². The summed E-state index contributed by atoms with van der Waals surface area (Å²) in [5, 5.41) is 44.3. The zero-order chi connectivity index (χ0) is 15.0. The zero-order valence-corrected chi connectivity index (χ0v) is 11.0. The van der Waals surface area contributed by atoms with Gasteiger partial charge in [0.15, 0.2) is 0 Å². The molecule has 0 aromatic heterocycles. The van der Waals surface area contributed by atoms with Gasteiger partial charge in [0.05, 0.1) is 0 Å². The van der Waals surface area contributed by atoms with E-state index in [9.17, 15) is 20.7 Å². The average Bonchev–Trinajstić information content (AvgIpc) is 2.37. The van der Waals surface area contributed by atoms with Crippen molar-refractivity contribution in [2.24, 2.45) is 5.73 Å². The van der Waals surface area contributed by atoms with Gasteiger partial charge >= 0.3 is 5.97 Å². The van der Waals surface area contributed by atoms with E-state index in [0.717, 1.165) is 6.42 Å². The second-order valence-corrected chi connectivity index (χ2v) is 4.64. The van der Waals surface area contributed by atoms with Crippen LogP contribution >= 0.6 is 0 Å². The first-order valence-electron chi connectivity index (χ1n) is 6.23. The number of hydrogen-bond acceptors (Lipinski definition) is 7. The van der Waals surface area contributed by atoms with E-state index in [1.807, 2.05) is 12.3 Å². The third-order valence-corrected chi connectivity index (χ3v) is 3.07. The number of nitrogens with one attached hydrogen (secondary N) is 1. The first kappa shape index (κ1) is 15.3. The van der Waals surface area contributed by atoms with Crippen LogP contribution in [-0.2, 0) is 4.84 Å². The topological polar surface area (TPSA) is 134 Å². The van der Waals surface area contributed by atoms with Crippen LogP contribution < -0.4 is 20.9 Å². The molecule has 1 heterocycles. The second-order valence-electron chi connectivity index (χ2n) is 4.64. The number of hydroxylamine groups is 2. The van der Waals surface area contributed by atoms with Gasteiger partial charge in [-0.25, -0.2) is 10.9 Å². The Morgan fingerprint density at radius 1 is 1.35 bits per heavy atom. The van der Waals surface area contributed by atoms with Gasteiger partial charge in [0.1, 0.15) is 6.61 Å². The lowest BCUT2D eigenvalue weighted by molar-refractivity contribution is -0.304. The molecule has 1 aliphatic heterocycles. The van der Waals surface area contributed by atoms with Crippen molar-refractivity contribution in [1.29, 1.82) is 0 Å². The normalized spacial score (nSPS) is 36.7. The van der Waals surface area contributed by atoms with Crippen LogP contribution in [0.25, 0.3) is 0 Å². The Balaban J connectivity index is 2.45. The predicted molar refractivity (Wildman–Crippen MR) is 71.7 cm³/mol. The number of unbranched alkanes of at least 4 members (excludes halogenated alkanes) is 1. The number of nitrogens with zero attached hydrogens (tertiary/aromatic N) is 2. The third-order valence-electron chi connectivity index (χ3n) is 3.07. The maximum absolute atomic E-state index is 12.6. The molecule has 20 heavy (non-hydrogen) atoms. The van der Waals surface area contributed by atoms with Crippen molar-refractivity contribution in [3.8, 4) is 0 Å². The molecule has 1 aromatic carbocycles. The van der Waals surface area contributed by atoms with Gasteiger partial charge in [-0.3, -0.25) is 0 Å². The number of aliphatic hydroxyl groups is 1. The molecule has 0 aliphatic carbocycles. The fourth-order valence-electron chi connectivity index (χ4n) is 1.94.